The second kappa shape index (κ2) is 3.34. The maximum atomic E-state index is 10.9. The van der Waals surface area contributed by atoms with E-state index >= 15 is 0 Å². The molecule has 0 atom stereocenters. The number of carbonyl (C=O) groups is 2. The fourth-order valence-electron chi connectivity index (χ4n) is 1.50. The van der Waals surface area contributed by atoms with E-state index in [-0.39, 0.29) is 17.0 Å². The lowest BCUT2D eigenvalue weighted by molar-refractivity contribution is 0.0682. The Morgan fingerprint density at radius 3 is 2.50 bits per heavy atom. The number of aromatic nitrogens is 2. The Hall–Kier alpha value is -2.37. The summed E-state index contributed by atoms with van der Waals surface area (Å²) in [5.41, 5.74) is 0.845. The van der Waals surface area contributed by atoms with Gasteiger partial charge >= 0.3 is 11.9 Å². The normalized spacial score (nSPS) is 10.6. The molecular formula is C10H8N2O4. The van der Waals surface area contributed by atoms with E-state index in [1.807, 2.05) is 0 Å². The number of fused-ring (bicyclic) bond motifs is 1. The minimum atomic E-state index is -1.26. The molecule has 2 aromatic rings. The molecule has 0 saturated carbocycles. The van der Waals surface area contributed by atoms with Gasteiger partial charge in [-0.3, -0.25) is 4.40 Å². The average Bonchev–Trinajstić information content (AvgIpc) is 2.56. The van der Waals surface area contributed by atoms with Crippen molar-refractivity contribution in [1.82, 2.24) is 9.38 Å². The molecule has 0 radical (unpaired) electrons. The van der Waals surface area contributed by atoms with Crippen LogP contribution in [0.1, 0.15) is 26.7 Å². The molecule has 0 unspecified atom stereocenters. The molecular weight excluding hydrogens is 212 g/mol. The quantitative estimate of drug-likeness (QED) is 0.788. The van der Waals surface area contributed by atoms with Crippen LogP contribution in [-0.2, 0) is 0 Å². The lowest BCUT2D eigenvalue weighted by Crippen LogP contribution is -2.03. The summed E-state index contributed by atoms with van der Waals surface area (Å²) in [6.07, 6.45) is 1.54. The zero-order valence-corrected chi connectivity index (χ0v) is 8.34. The molecule has 16 heavy (non-hydrogen) atoms. The third kappa shape index (κ3) is 1.40. The first kappa shape index (κ1) is 10.2. The average molecular weight is 220 g/mol. The van der Waals surface area contributed by atoms with Gasteiger partial charge < -0.3 is 10.2 Å². The molecule has 2 N–H and O–H groups in total. The summed E-state index contributed by atoms with van der Waals surface area (Å²) in [4.78, 5) is 25.3. The molecule has 0 amide bonds. The second-order valence-electron chi connectivity index (χ2n) is 3.36. The van der Waals surface area contributed by atoms with E-state index in [2.05, 4.69) is 4.98 Å². The number of aromatic carboxylic acids is 2. The minimum absolute atomic E-state index is 0.252. The van der Waals surface area contributed by atoms with Crippen LogP contribution in [0.2, 0.25) is 0 Å². The highest BCUT2D eigenvalue weighted by Gasteiger charge is 2.20. The number of imidazole rings is 1. The van der Waals surface area contributed by atoms with Gasteiger partial charge in [0.1, 0.15) is 0 Å². The Morgan fingerprint density at radius 2 is 1.94 bits per heavy atom. The summed E-state index contributed by atoms with van der Waals surface area (Å²) in [5, 5.41) is 17.8. The number of nitrogens with zero attached hydrogens (tertiary/aromatic N) is 2. The van der Waals surface area contributed by atoms with E-state index in [9.17, 15) is 9.59 Å². The third-order valence-corrected chi connectivity index (χ3v) is 2.18. The van der Waals surface area contributed by atoms with Crippen molar-refractivity contribution in [3.8, 4) is 0 Å². The van der Waals surface area contributed by atoms with Crippen LogP contribution in [0.4, 0.5) is 0 Å². The summed E-state index contributed by atoms with van der Waals surface area (Å²) in [7, 11) is 0. The number of rotatable bonds is 2. The number of hydrogen-bond acceptors (Lipinski definition) is 3. The van der Waals surface area contributed by atoms with E-state index in [0.717, 1.165) is 5.56 Å². The van der Waals surface area contributed by atoms with Gasteiger partial charge in [-0.05, 0) is 18.6 Å². The van der Waals surface area contributed by atoms with Crippen LogP contribution in [0, 0.1) is 6.92 Å². The lowest BCUT2D eigenvalue weighted by atomic mass is 10.2. The van der Waals surface area contributed by atoms with E-state index < -0.39 is 11.9 Å². The molecule has 6 heteroatoms. The standard InChI is InChI=1S/C10H8N2O4/c1-5-2-3-6-7(9(13)14)11-8(10(15)16)12(6)4-5/h2-4H,1H3,(H,13,14)(H,15,16). The Balaban J connectivity index is 2.87. The van der Waals surface area contributed by atoms with E-state index in [4.69, 9.17) is 10.2 Å². The molecule has 2 rings (SSSR count). The fourth-order valence-corrected chi connectivity index (χ4v) is 1.50. The van der Waals surface area contributed by atoms with Crippen LogP contribution in [0.15, 0.2) is 18.3 Å². The molecule has 0 aromatic carbocycles. The van der Waals surface area contributed by atoms with Crippen molar-refractivity contribution in [2.45, 2.75) is 6.92 Å². The monoisotopic (exact) mass is 220 g/mol. The Kier molecular flexibility index (Phi) is 2.12. The first-order chi connectivity index (χ1) is 7.50. The molecule has 82 valence electrons. The van der Waals surface area contributed by atoms with Gasteiger partial charge in [0.25, 0.3) is 0 Å². The van der Waals surface area contributed by atoms with Crippen LogP contribution in [0.25, 0.3) is 5.52 Å². The van der Waals surface area contributed by atoms with Gasteiger partial charge in [0.15, 0.2) is 5.69 Å². The fraction of sp³-hybridized carbons (Fsp3) is 0.100. The molecule has 0 saturated heterocycles. The van der Waals surface area contributed by atoms with Gasteiger partial charge in [0.2, 0.25) is 5.82 Å². The SMILES string of the molecule is Cc1ccc2c(C(=O)O)nc(C(=O)O)n2c1. The molecule has 0 aliphatic carbocycles. The Morgan fingerprint density at radius 1 is 1.25 bits per heavy atom. The van der Waals surface area contributed by atoms with E-state index in [1.165, 1.54) is 16.7 Å². The number of carboxylic acid groups (broad SMARTS) is 2. The molecule has 0 spiro atoms. The smallest absolute Gasteiger partial charge is 0.372 e. The highest BCUT2D eigenvalue weighted by Crippen LogP contribution is 2.14. The van der Waals surface area contributed by atoms with Crippen LogP contribution < -0.4 is 0 Å². The summed E-state index contributed by atoms with van der Waals surface area (Å²) in [5.74, 6) is -2.79. The Bertz CT molecular complexity index is 600. The molecule has 0 aliphatic rings. The maximum absolute atomic E-state index is 10.9. The largest absolute Gasteiger partial charge is 0.476 e. The van der Waals surface area contributed by atoms with Gasteiger partial charge in [0.05, 0.1) is 5.52 Å². The molecule has 2 heterocycles. The summed E-state index contributed by atoms with van der Waals surface area (Å²) in [6, 6.07) is 3.24. The maximum Gasteiger partial charge on any atom is 0.372 e. The molecule has 0 bridgehead atoms. The van der Waals surface area contributed by atoms with Crippen molar-refractivity contribution in [1.29, 1.82) is 0 Å². The Labute approximate surface area is 89.8 Å². The molecule has 6 nitrogen and oxygen atoms in total. The van der Waals surface area contributed by atoms with Gasteiger partial charge in [-0.25, -0.2) is 14.6 Å². The van der Waals surface area contributed by atoms with Crippen molar-refractivity contribution in [2.24, 2.45) is 0 Å². The van der Waals surface area contributed by atoms with Crippen LogP contribution in [-0.4, -0.2) is 31.5 Å². The van der Waals surface area contributed by atoms with Crippen LogP contribution in [0.3, 0.4) is 0 Å². The third-order valence-electron chi connectivity index (χ3n) is 2.18. The lowest BCUT2D eigenvalue weighted by Gasteiger charge is -1.98. The number of aryl methyl sites for hydroxylation is 1. The van der Waals surface area contributed by atoms with Crippen LogP contribution in [0.5, 0.6) is 0 Å². The number of hydrogen-bond donors (Lipinski definition) is 2. The van der Waals surface area contributed by atoms with Crippen LogP contribution >= 0.6 is 0 Å². The minimum Gasteiger partial charge on any atom is -0.476 e. The summed E-state index contributed by atoms with van der Waals surface area (Å²) in [6.45, 7) is 1.78. The molecule has 0 fully saturated rings. The van der Waals surface area contributed by atoms with E-state index in [0.29, 0.717) is 0 Å². The van der Waals surface area contributed by atoms with Gasteiger partial charge in [-0.2, -0.15) is 0 Å². The van der Waals surface area contributed by atoms with Crippen molar-refractivity contribution in [2.75, 3.05) is 0 Å². The zero-order valence-electron chi connectivity index (χ0n) is 8.34. The highest BCUT2D eigenvalue weighted by atomic mass is 16.4. The van der Waals surface area contributed by atoms with Crippen molar-refractivity contribution in [3.05, 3.63) is 35.4 Å². The molecule has 2 aromatic heterocycles. The summed E-state index contributed by atoms with van der Waals surface area (Å²) >= 11 is 0. The first-order valence-corrected chi connectivity index (χ1v) is 4.46. The van der Waals surface area contributed by atoms with Gasteiger partial charge in [-0.1, -0.05) is 6.07 Å². The van der Waals surface area contributed by atoms with Crippen molar-refractivity contribution in [3.63, 3.8) is 0 Å². The van der Waals surface area contributed by atoms with Crippen molar-refractivity contribution < 1.29 is 19.8 Å². The second-order valence-corrected chi connectivity index (χ2v) is 3.36. The highest BCUT2D eigenvalue weighted by molar-refractivity contribution is 5.96. The first-order valence-electron chi connectivity index (χ1n) is 4.46. The number of pyridine rings is 1. The zero-order chi connectivity index (χ0) is 11.9. The topological polar surface area (TPSA) is 91.9 Å². The van der Waals surface area contributed by atoms with Gasteiger partial charge in [0, 0.05) is 6.20 Å². The van der Waals surface area contributed by atoms with E-state index in [1.54, 1.807) is 13.0 Å². The van der Waals surface area contributed by atoms with Crippen molar-refractivity contribution >= 4 is 17.5 Å². The predicted octanol–water partition coefficient (Wildman–Crippen LogP) is 1.04. The molecule has 0 aliphatic heterocycles. The van der Waals surface area contributed by atoms with Gasteiger partial charge in [-0.15, -0.1) is 0 Å². The number of carboxylic acids is 2. The predicted molar refractivity (Wildman–Crippen MR) is 53.8 cm³/mol. The summed E-state index contributed by atoms with van der Waals surface area (Å²) < 4.78 is 1.26.